The molecule has 0 unspecified atom stereocenters. The zero-order chi connectivity index (χ0) is 22.5. The summed E-state index contributed by atoms with van der Waals surface area (Å²) in [6.45, 7) is 0. The highest BCUT2D eigenvalue weighted by molar-refractivity contribution is 5.95. The fourth-order valence-corrected chi connectivity index (χ4v) is 3.18. The van der Waals surface area contributed by atoms with Crippen LogP contribution in [0.1, 0.15) is 27.9 Å². The van der Waals surface area contributed by atoms with Crippen molar-refractivity contribution in [3.63, 3.8) is 0 Å². The average Bonchev–Trinajstić information content (AvgIpc) is 3.33. The fraction of sp³-hybridized carbons (Fsp3) is 0.125. The van der Waals surface area contributed by atoms with Gasteiger partial charge in [-0.2, -0.15) is 0 Å². The van der Waals surface area contributed by atoms with Gasteiger partial charge >= 0.3 is 0 Å². The first-order valence-corrected chi connectivity index (χ1v) is 9.76. The maximum Gasteiger partial charge on any atom is 0.252 e. The molecule has 1 heterocycles. The van der Waals surface area contributed by atoms with Crippen molar-refractivity contribution in [3.05, 3.63) is 95.6 Å². The Bertz CT molecular complexity index is 1210. The van der Waals surface area contributed by atoms with Crippen molar-refractivity contribution >= 4 is 5.91 Å². The number of carbonyl (C=O) groups is 1. The first kappa shape index (κ1) is 21.0. The molecule has 0 fully saturated rings. The number of nitrogens with one attached hydrogen (secondary N) is 1. The van der Waals surface area contributed by atoms with Crippen LogP contribution in [0.25, 0.3) is 11.5 Å². The van der Waals surface area contributed by atoms with Crippen LogP contribution < -0.4 is 14.8 Å². The highest BCUT2D eigenvalue weighted by atomic mass is 19.1. The number of rotatable bonds is 7. The Kier molecular flexibility index (Phi) is 6.12. The van der Waals surface area contributed by atoms with Crippen LogP contribution in [0.3, 0.4) is 0 Å². The van der Waals surface area contributed by atoms with Crippen molar-refractivity contribution in [2.45, 2.75) is 6.04 Å². The minimum Gasteiger partial charge on any atom is -0.493 e. The zero-order valence-electron chi connectivity index (χ0n) is 17.4. The van der Waals surface area contributed by atoms with Crippen LogP contribution in [0.5, 0.6) is 11.5 Å². The maximum absolute atomic E-state index is 13.5. The molecule has 0 aliphatic rings. The van der Waals surface area contributed by atoms with E-state index in [2.05, 4.69) is 15.5 Å². The second kappa shape index (κ2) is 9.30. The van der Waals surface area contributed by atoms with Gasteiger partial charge in [0.2, 0.25) is 11.8 Å². The van der Waals surface area contributed by atoms with E-state index < -0.39 is 17.8 Å². The Morgan fingerprint density at radius 3 is 2.34 bits per heavy atom. The van der Waals surface area contributed by atoms with Gasteiger partial charge in [0.1, 0.15) is 11.9 Å². The Hall–Kier alpha value is -4.20. The van der Waals surface area contributed by atoms with Gasteiger partial charge in [-0.05, 0) is 48.0 Å². The van der Waals surface area contributed by atoms with Crippen molar-refractivity contribution in [2.75, 3.05) is 14.2 Å². The van der Waals surface area contributed by atoms with Crippen LogP contribution in [0.4, 0.5) is 4.39 Å². The summed E-state index contributed by atoms with van der Waals surface area (Å²) < 4.78 is 29.9. The van der Waals surface area contributed by atoms with E-state index in [9.17, 15) is 9.18 Å². The number of hydrogen-bond acceptors (Lipinski definition) is 6. The molecule has 0 saturated heterocycles. The first-order valence-electron chi connectivity index (χ1n) is 9.76. The van der Waals surface area contributed by atoms with Gasteiger partial charge in [-0.1, -0.05) is 30.3 Å². The largest absolute Gasteiger partial charge is 0.493 e. The smallest absolute Gasteiger partial charge is 0.252 e. The normalized spacial score (nSPS) is 11.6. The minimum atomic E-state index is -0.791. The highest BCUT2D eigenvalue weighted by Crippen LogP contribution is 2.29. The fourth-order valence-electron chi connectivity index (χ4n) is 3.18. The third-order valence-corrected chi connectivity index (χ3v) is 4.83. The van der Waals surface area contributed by atoms with Crippen molar-refractivity contribution in [2.24, 2.45) is 0 Å². The van der Waals surface area contributed by atoms with Crippen LogP contribution in [0.2, 0.25) is 0 Å². The van der Waals surface area contributed by atoms with Gasteiger partial charge in [-0.25, -0.2) is 4.39 Å². The SMILES string of the molecule is COc1ccc(C(=O)N[C@@H](c2ccc(F)cc2)c2nnc(-c3ccccc3)o2)cc1OC. The summed E-state index contributed by atoms with van der Waals surface area (Å²) in [7, 11) is 3.01. The number of nitrogens with zero attached hydrogens (tertiary/aromatic N) is 2. The van der Waals surface area contributed by atoms with Crippen LogP contribution in [-0.2, 0) is 0 Å². The lowest BCUT2D eigenvalue weighted by molar-refractivity contribution is 0.0937. The van der Waals surface area contributed by atoms with Crippen molar-refractivity contribution in [3.8, 4) is 23.0 Å². The lowest BCUT2D eigenvalue weighted by atomic mass is 10.1. The number of methoxy groups -OCH3 is 2. The molecule has 1 N–H and O–H groups in total. The Morgan fingerprint density at radius 2 is 1.66 bits per heavy atom. The lowest BCUT2D eigenvalue weighted by Gasteiger charge is -2.16. The van der Waals surface area contributed by atoms with Gasteiger partial charge in [0.05, 0.1) is 14.2 Å². The molecule has 4 rings (SSSR count). The number of halogens is 1. The standard InChI is InChI=1S/C24H20FN3O4/c1-30-19-13-10-17(14-20(19)31-2)22(29)26-21(15-8-11-18(25)12-9-15)24-28-27-23(32-24)16-6-4-3-5-7-16/h3-14,21H,1-2H3,(H,26,29)/t21-/m0/s1. The summed E-state index contributed by atoms with van der Waals surface area (Å²) in [6, 6.07) is 19.0. The molecule has 7 nitrogen and oxygen atoms in total. The molecule has 4 aromatic rings. The van der Waals surface area contributed by atoms with Crippen LogP contribution in [0, 0.1) is 5.82 Å². The third kappa shape index (κ3) is 4.44. The van der Waals surface area contributed by atoms with Gasteiger partial charge in [0, 0.05) is 11.1 Å². The molecular formula is C24H20FN3O4. The van der Waals surface area contributed by atoms with Gasteiger partial charge in [-0.15, -0.1) is 10.2 Å². The van der Waals surface area contributed by atoms with Crippen LogP contribution in [-0.4, -0.2) is 30.3 Å². The Labute approximate surface area is 183 Å². The van der Waals surface area contributed by atoms with Gasteiger partial charge < -0.3 is 19.2 Å². The highest BCUT2D eigenvalue weighted by Gasteiger charge is 2.24. The summed E-state index contributed by atoms with van der Waals surface area (Å²) in [5.74, 6) is 0.609. The Balaban J connectivity index is 1.67. The maximum atomic E-state index is 13.5. The van der Waals surface area contributed by atoms with E-state index in [-0.39, 0.29) is 5.89 Å². The van der Waals surface area contributed by atoms with E-state index in [4.69, 9.17) is 13.9 Å². The monoisotopic (exact) mass is 433 g/mol. The second-order valence-corrected chi connectivity index (χ2v) is 6.84. The van der Waals surface area contributed by atoms with Crippen LogP contribution >= 0.6 is 0 Å². The third-order valence-electron chi connectivity index (χ3n) is 4.83. The van der Waals surface area contributed by atoms with Crippen molar-refractivity contribution in [1.29, 1.82) is 0 Å². The predicted octanol–water partition coefficient (Wildman–Crippen LogP) is 4.41. The number of aromatic nitrogens is 2. The molecule has 0 aliphatic heterocycles. The molecule has 162 valence electrons. The molecule has 8 heteroatoms. The number of amides is 1. The molecule has 1 atom stereocenters. The summed E-state index contributed by atoms with van der Waals surface area (Å²) in [6.07, 6.45) is 0. The molecule has 0 spiro atoms. The van der Waals surface area contributed by atoms with E-state index >= 15 is 0 Å². The summed E-state index contributed by atoms with van der Waals surface area (Å²) in [5.41, 5.74) is 1.68. The number of carbonyl (C=O) groups excluding carboxylic acids is 1. The molecule has 32 heavy (non-hydrogen) atoms. The van der Waals surface area contributed by atoms with E-state index in [1.54, 1.807) is 30.3 Å². The van der Waals surface area contributed by atoms with E-state index in [0.717, 1.165) is 5.56 Å². The van der Waals surface area contributed by atoms with E-state index in [0.29, 0.717) is 28.5 Å². The summed E-state index contributed by atoms with van der Waals surface area (Å²) in [4.78, 5) is 13.0. The number of benzene rings is 3. The van der Waals surface area contributed by atoms with Crippen molar-refractivity contribution in [1.82, 2.24) is 15.5 Å². The molecule has 0 saturated carbocycles. The molecular weight excluding hydrogens is 413 g/mol. The minimum absolute atomic E-state index is 0.171. The van der Waals surface area contributed by atoms with Gasteiger partial charge in [0.15, 0.2) is 11.5 Å². The average molecular weight is 433 g/mol. The molecule has 3 aromatic carbocycles. The summed E-state index contributed by atoms with van der Waals surface area (Å²) in [5, 5.41) is 11.1. The van der Waals surface area contributed by atoms with Gasteiger partial charge in [-0.3, -0.25) is 4.79 Å². The lowest BCUT2D eigenvalue weighted by Crippen LogP contribution is -2.29. The number of hydrogen-bond donors (Lipinski definition) is 1. The summed E-state index contributed by atoms with van der Waals surface area (Å²) >= 11 is 0. The van der Waals surface area contributed by atoms with Crippen molar-refractivity contribution < 1.29 is 23.1 Å². The molecule has 0 bridgehead atoms. The quantitative estimate of drug-likeness (QED) is 0.465. The second-order valence-electron chi connectivity index (χ2n) is 6.84. The van der Waals surface area contributed by atoms with E-state index in [1.165, 1.54) is 26.4 Å². The number of ether oxygens (including phenoxy) is 2. The zero-order valence-corrected chi connectivity index (χ0v) is 17.4. The molecule has 1 aromatic heterocycles. The predicted molar refractivity (Wildman–Crippen MR) is 115 cm³/mol. The topological polar surface area (TPSA) is 86.5 Å². The Morgan fingerprint density at radius 1 is 0.938 bits per heavy atom. The molecule has 1 amide bonds. The molecule has 0 radical (unpaired) electrons. The van der Waals surface area contributed by atoms with Gasteiger partial charge in [0.25, 0.3) is 5.91 Å². The molecule has 0 aliphatic carbocycles. The first-order chi connectivity index (χ1) is 15.6. The van der Waals surface area contributed by atoms with E-state index in [1.807, 2.05) is 30.3 Å². The van der Waals surface area contributed by atoms with Crippen LogP contribution in [0.15, 0.2) is 77.2 Å².